The average Bonchev–Trinajstić information content (AvgIpc) is 3.03. The number of rotatable bonds is 7. The number of hydrogen-bond acceptors (Lipinski definition) is 6. The molecule has 0 amide bonds. The lowest BCUT2D eigenvalue weighted by Crippen LogP contribution is -2.32. The minimum Gasteiger partial charge on any atom is -0.457 e. The zero-order valence-electron chi connectivity index (χ0n) is 15.6. The van der Waals surface area contributed by atoms with E-state index in [2.05, 4.69) is 5.16 Å². The molecule has 0 radical (unpaired) electrons. The van der Waals surface area contributed by atoms with Crippen molar-refractivity contribution in [3.8, 4) is 0 Å². The second-order valence-electron chi connectivity index (χ2n) is 6.73. The van der Waals surface area contributed by atoms with Crippen LogP contribution in [0, 0.1) is 0 Å². The molecule has 6 heteroatoms. The number of nitrogens with zero attached hydrogens (tertiary/aromatic N) is 1. The van der Waals surface area contributed by atoms with Crippen LogP contribution < -0.4 is 0 Å². The zero-order valence-corrected chi connectivity index (χ0v) is 15.6. The van der Waals surface area contributed by atoms with Crippen LogP contribution in [0.25, 0.3) is 0 Å². The van der Waals surface area contributed by atoms with Crippen molar-refractivity contribution in [3.63, 3.8) is 0 Å². The Labute approximate surface area is 149 Å². The lowest BCUT2D eigenvalue weighted by atomic mass is 10.0. The molecule has 0 saturated carbocycles. The van der Waals surface area contributed by atoms with E-state index in [-0.39, 0.29) is 6.29 Å². The SMILES string of the molecule is CCOC(OCC)c1ccc(C2=NOC(C(=O)OC(C)(C)C)C2)cc1. The predicted octanol–water partition coefficient (Wildman–Crippen LogP) is 3.59. The fourth-order valence-corrected chi connectivity index (χ4v) is 2.42. The summed E-state index contributed by atoms with van der Waals surface area (Å²) in [5.74, 6) is -0.393. The van der Waals surface area contributed by atoms with Crippen LogP contribution in [-0.2, 0) is 23.8 Å². The monoisotopic (exact) mass is 349 g/mol. The van der Waals surface area contributed by atoms with E-state index < -0.39 is 17.7 Å². The Morgan fingerprint density at radius 3 is 2.32 bits per heavy atom. The molecule has 1 aromatic carbocycles. The van der Waals surface area contributed by atoms with Gasteiger partial charge in [-0.3, -0.25) is 0 Å². The van der Waals surface area contributed by atoms with Gasteiger partial charge in [-0.25, -0.2) is 4.79 Å². The molecule has 1 aromatic rings. The number of carbonyl (C=O) groups is 1. The molecular formula is C19H27NO5. The minimum absolute atomic E-state index is 0.375. The van der Waals surface area contributed by atoms with Crippen molar-refractivity contribution in [1.29, 1.82) is 0 Å². The summed E-state index contributed by atoms with van der Waals surface area (Å²) >= 11 is 0. The number of benzene rings is 1. The van der Waals surface area contributed by atoms with Crippen LogP contribution in [0.3, 0.4) is 0 Å². The first kappa shape index (κ1) is 19.4. The van der Waals surface area contributed by atoms with Crippen molar-refractivity contribution >= 4 is 11.7 Å². The van der Waals surface area contributed by atoms with E-state index >= 15 is 0 Å². The van der Waals surface area contributed by atoms with E-state index in [0.29, 0.717) is 19.6 Å². The summed E-state index contributed by atoms with van der Waals surface area (Å²) in [5.41, 5.74) is 2.03. The van der Waals surface area contributed by atoms with Gasteiger partial charge in [0.25, 0.3) is 0 Å². The van der Waals surface area contributed by atoms with Gasteiger partial charge in [-0.1, -0.05) is 29.4 Å². The Balaban J connectivity index is 2.00. The van der Waals surface area contributed by atoms with Crippen LogP contribution in [0.15, 0.2) is 29.4 Å². The van der Waals surface area contributed by atoms with E-state index in [1.807, 2.05) is 58.9 Å². The fraction of sp³-hybridized carbons (Fsp3) is 0.579. The van der Waals surface area contributed by atoms with Crippen LogP contribution in [0.4, 0.5) is 0 Å². The summed E-state index contributed by atoms with van der Waals surface area (Å²) in [6.45, 7) is 10.5. The van der Waals surface area contributed by atoms with Crippen molar-refractivity contribution < 1.29 is 23.8 Å². The third-order valence-electron chi connectivity index (χ3n) is 3.49. The van der Waals surface area contributed by atoms with Crippen molar-refractivity contribution in [2.45, 2.75) is 59.0 Å². The second-order valence-corrected chi connectivity index (χ2v) is 6.73. The molecule has 1 aliphatic heterocycles. The summed E-state index contributed by atoms with van der Waals surface area (Å²) in [6, 6.07) is 7.74. The highest BCUT2D eigenvalue weighted by molar-refractivity contribution is 6.03. The Kier molecular flexibility index (Phi) is 6.56. The van der Waals surface area contributed by atoms with Crippen molar-refractivity contribution in [2.75, 3.05) is 13.2 Å². The second kappa shape index (κ2) is 8.45. The third kappa shape index (κ3) is 5.54. The number of esters is 1. The largest absolute Gasteiger partial charge is 0.457 e. The molecule has 0 spiro atoms. The topological polar surface area (TPSA) is 66.3 Å². The van der Waals surface area contributed by atoms with Crippen molar-refractivity contribution in [1.82, 2.24) is 0 Å². The van der Waals surface area contributed by atoms with E-state index in [0.717, 1.165) is 16.8 Å². The molecule has 0 N–H and O–H groups in total. The molecule has 138 valence electrons. The Bertz CT molecular complexity index is 597. The lowest BCUT2D eigenvalue weighted by molar-refractivity contribution is -0.166. The van der Waals surface area contributed by atoms with Crippen LogP contribution in [0.5, 0.6) is 0 Å². The highest BCUT2D eigenvalue weighted by Crippen LogP contribution is 2.23. The molecule has 1 unspecified atom stereocenters. The van der Waals surface area contributed by atoms with E-state index in [1.165, 1.54) is 0 Å². The highest BCUT2D eigenvalue weighted by atomic mass is 16.7. The predicted molar refractivity (Wildman–Crippen MR) is 94.3 cm³/mol. The standard InChI is InChI=1S/C19H27NO5/c1-6-22-18(23-7-2)14-10-8-13(9-11-14)15-12-16(25-20-15)17(21)24-19(3,4)5/h8-11,16,18H,6-7,12H2,1-5H3. The van der Waals surface area contributed by atoms with Crippen molar-refractivity contribution in [2.24, 2.45) is 5.16 Å². The average molecular weight is 349 g/mol. The quantitative estimate of drug-likeness (QED) is 0.556. The first-order chi connectivity index (χ1) is 11.8. The minimum atomic E-state index is -0.687. The number of oxime groups is 1. The summed E-state index contributed by atoms with van der Waals surface area (Å²) in [5, 5.41) is 4.04. The third-order valence-corrected chi connectivity index (χ3v) is 3.49. The van der Waals surface area contributed by atoms with Gasteiger partial charge in [-0.15, -0.1) is 0 Å². The molecule has 0 bridgehead atoms. The lowest BCUT2D eigenvalue weighted by Gasteiger charge is -2.21. The van der Waals surface area contributed by atoms with Gasteiger partial charge >= 0.3 is 5.97 Å². The molecule has 25 heavy (non-hydrogen) atoms. The number of carbonyl (C=O) groups excluding carboxylic acids is 1. The fourth-order valence-electron chi connectivity index (χ4n) is 2.42. The highest BCUT2D eigenvalue weighted by Gasteiger charge is 2.32. The maximum atomic E-state index is 12.1. The van der Waals surface area contributed by atoms with Gasteiger partial charge in [0.1, 0.15) is 5.60 Å². The Morgan fingerprint density at radius 2 is 1.80 bits per heavy atom. The first-order valence-corrected chi connectivity index (χ1v) is 8.63. The molecule has 2 rings (SSSR count). The molecule has 0 aromatic heterocycles. The van der Waals surface area contributed by atoms with Gasteiger partial charge in [-0.05, 0) is 40.2 Å². The summed E-state index contributed by atoms with van der Waals surface area (Å²) in [6.07, 6.45) is -0.664. The maximum Gasteiger partial charge on any atom is 0.351 e. The smallest absolute Gasteiger partial charge is 0.351 e. The summed E-state index contributed by atoms with van der Waals surface area (Å²) in [4.78, 5) is 17.3. The van der Waals surface area contributed by atoms with Gasteiger partial charge in [0, 0.05) is 25.2 Å². The van der Waals surface area contributed by atoms with Gasteiger partial charge in [0.05, 0.1) is 5.71 Å². The number of hydrogen-bond donors (Lipinski definition) is 0. The zero-order chi connectivity index (χ0) is 18.4. The molecule has 0 saturated heterocycles. The van der Waals surface area contributed by atoms with E-state index in [9.17, 15) is 4.79 Å². The molecule has 1 atom stereocenters. The van der Waals surface area contributed by atoms with Crippen LogP contribution in [-0.4, -0.2) is 36.6 Å². The molecule has 0 fully saturated rings. The maximum absolute atomic E-state index is 12.1. The van der Waals surface area contributed by atoms with Gasteiger partial charge < -0.3 is 19.0 Å². The molecule has 6 nitrogen and oxygen atoms in total. The Morgan fingerprint density at radius 1 is 1.20 bits per heavy atom. The van der Waals surface area contributed by atoms with Crippen LogP contribution in [0.2, 0.25) is 0 Å². The summed E-state index contributed by atoms with van der Waals surface area (Å²) in [7, 11) is 0. The van der Waals surface area contributed by atoms with Gasteiger partial charge in [-0.2, -0.15) is 0 Å². The first-order valence-electron chi connectivity index (χ1n) is 8.63. The van der Waals surface area contributed by atoms with Gasteiger partial charge in [0.2, 0.25) is 6.10 Å². The molecule has 1 heterocycles. The molecular weight excluding hydrogens is 322 g/mol. The van der Waals surface area contributed by atoms with Crippen molar-refractivity contribution in [3.05, 3.63) is 35.4 Å². The van der Waals surface area contributed by atoms with E-state index in [1.54, 1.807) is 0 Å². The molecule has 0 aliphatic carbocycles. The van der Waals surface area contributed by atoms with Crippen LogP contribution >= 0.6 is 0 Å². The number of ether oxygens (including phenoxy) is 3. The normalized spacial score (nSPS) is 17.4. The van der Waals surface area contributed by atoms with Gasteiger partial charge in [0.15, 0.2) is 6.29 Å². The Hall–Kier alpha value is -1.92. The van der Waals surface area contributed by atoms with E-state index in [4.69, 9.17) is 19.0 Å². The summed E-state index contributed by atoms with van der Waals surface area (Å²) < 4.78 is 16.5. The molecule has 1 aliphatic rings. The van der Waals surface area contributed by atoms with Crippen LogP contribution in [0.1, 0.15) is 58.5 Å².